The molecule has 1 heterocycles. The second-order valence-corrected chi connectivity index (χ2v) is 3.17. The minimum absolute atomic E-state index is 0.395. The average molecular weight is 208 g/mol. The van der Waals surface area contributed by atoms with Crippen LogP contribution in [0.4, 0.5) is 0 Å². The number of benzene rings is 1. The molecule has 80 valence electrons. The lowest BCUT2D eigenvalue weighted by Crippen LogP contribution is -2.12. The van der Waals surface area contributed by atoms with Gasteiger partial charge in [0.25, 0.3) is 0 Å². The van der Waals surface area contributed by atoms with Crippen LogP contribution < -0.4 is 16.2 Å². The number of nitrogens with zero attached hydrogens (tertiary/aromatic N) is 1. The van der Waals surface area contributed by atoms with E-state index in [9.17, 15) is 4.79 Å². The number of fused-ring (bicyclic) bond motifs is 1. The second kappa shape index (κ2) is 3.78. The Morgan fingerprint density at radius 3 is 3.07 bits per heavy atom. The quantitative estimate of drug-likeness (QED) is 0.795. The fraction of sp³-hybridized carbons (Fsp3) is 0.300. The van der Waals surface area contributed by atoms with Gasteiger partial charge in [0.15, 0.2) is 5.58 Å². The van der Waals surface area contributed by atoms with Crippen LogP contribution in [-0.2, 0) is 7.05 Å². The highest BCUT2D eigenvalue weighted by molar-refractivity contribution is 5.79. The first-order valence-corrected chi connectivity index (χ1v) is 4.65. The Bertz CT molecular complexity index is 527. The predicted octanol–water partition coefficient (Wildman–Crippen LogP) is 0.469. The van der Waals surface area contributed by atoms with Crippen LogP contribution in [0, 0.1) is 0 Å². The van der Waals surface area contributed by atoms with Crippen LogP contribution in [0.15, 0.2) is 27.4 Å². The lowest BCUT2D eigenvalue weighted by atomic mass is 10.3. The standard InChI is InChI=1S/C10H12N2O3/c1-12-9-7(14-6-5-11)3-2-4-8(9)15-10(12)13/h2-4H,5-6,11H2,1H3. The lowest BCUT2D eigenvalue weighted by Gasteiger charge is -2.05. The highest BCUT2D eigenvalue weighted by Crippen LogP contribution is 2.23. The zero-order valence-corrected chi connectivity index (χ0v) is 8.40. The molecule has 1 aromatic heterocycles. The number of para-hydroxylation sites is 1. The van der Waals surface area contributed by atoms with E-state index in [1.807, 2.05) is 0 Å². The van der Waals surface area contributed by atoms with Gasteiger partial charge in [-0.2, -0.15) is 0 Å². The molecule has 2 rings (SSSR count). The molecule has 15 heavy (non-hydrogen) atoms. The maximum Gasteiger partial charge on any atom is 0.419 e. The van der Waals surface area contributed by atoms with Crippen molar-refractivity contribution in [1.29, 1.82) is 0 Å². The third kappa shape index (κ3) is 1.61. The summed E-state index contributed by atoms with van der Waals surface area (Å²) < 4.78 is 11.9. The van der Waals surface area contributed by atoms with Gasteiger partial charge in [-0.25, -0.2) is 4.79 Å². The van der Waals surface area contributed by atoms with Crippen LogP contribution >= 0.6 is 0 Å². The van der Waals surface area contributed by atoms with Gasteiger partial charge in [-0.05, 0) is 12.1 Å². The van der Waals surface area contributed by atoms with Crippen molar-refractivity contribution in [3.63, 3.8) is 0 Å². The van der Waals surface area contributed by atoms with Crippen molar-refractivity contribution in [2.75, 3.05) is 13.2 Å². The normalized spacial score (nSPS) is 10.8. The summed E-state index contributed by atoms with van der Waals surface area (Å²) in [6, 6.07) is 5.29. The maximum atomic E-state index is 11.3. The molecule has 0 radical (unpaired) electrons. The third-order valence-electron chi connectivity index (χ3n) is 2.14. The zero-order valence-electron chi connectivity index (χ0n) is 8.40. The molecule has 0 bridgehead atoms. The Morgan fingerprint density at radius 1 is 1.53 bits per heavy atom. The number of hydrogen-bond donors (Lipinski definition) is 1. The summed E-state index contributed by atoms with van der Waals surface area (Å²) in [4.78, 5) is 11.3. The van der Waals surface area contributed by atoms with E-state index in [1.54, 1.807) is 25.2 Å². The van der Waals surface area contributed by atoms with Crippen molar-refractivity contribution < 1.29 is 9.15 Å². The molecular formula is C10H12N2O3. The number of hydrogen-bond acceptors (Lipinski definition) is 4. The molecule has 5 nitrogen and oxygen atoms in total. The highest BCUT2D eigenvalue weighted by Gasteiger charge is 2.10. The summed E-state index contributed by atoms with van der Waals surface area (Å²) in [5, 5.41) is 0. The van der Waals surface area contributed by atoms with E-state index in [-0.39, 0.29) is 0 Å². The van der Waals surface area contributed by atoms with Crippen LogP contribution in [0.2, 0.25) is 0 Å². The van der Waals surface area contributed by atoms with Gasteiger partial charge in [-0.3, -0.25) is 4.57 Å². The average Bonchev–Trinajstić information content (AvgIpc) is 2.53. The summed E-state index contributed by atoms with van der Waals surface area (Å²) in [6.45, 7) is 0.848. The Hall–Kier alpha value is -1.75. The van der Waals surface area contributed by atoms with Crippen molar-refractivity contribution in [2.24, 2.45) is 12.8 Å². The molecule has 2 N–H and O–H groups in total. The van der Waals surface area contributed by atoms with E-state index < -0.39 is 5.76 Å². The van der Waals surface area contributed by atoms with Gasteiger partial charge in [0.1, 0.15) is 17.9 Å². The monoisotopic (exact) mass is 208 g/mol. The highest BCUT2D eigenvalue weighted by atomic mass is 16.5. The van der Waals surface area contributed by atoms with Crippen LogP contribution in [0.3, 0.4) is 0 Å². The third-order valence-corrected chi connectivity index (χ3v) is 2.14. The van der Waals surface area contributed by atoms with Crippen LogP contribution in [-0.4, -0.2) is 17.7 Å². The summed E-state index contributed by atoms with van der Waals surface area (Å²) in [7, 11) is 1.64. The van der Waals surface area contributed by atoms with E-state index in [0.717, 1.165) is 0 Å². The topological polar surface area (TPSA) is 70.4 Å². The summed E-state index contributed by atoms with van der Waals surface area (Å²) in [5.74, 6) is 0.222. The van der Waals surface area contributed by atoms with Crippen molar-refractivity contribution in [1.82, 2.24) is 4.57 Å². The molecule has 0 spiro atoms. The van der Waals surface area contributed by atoms with Crippen LogP contribution in [0.1, 0.15) is 0 Å². The van der Waals surface area contributed by atoms with Gasteiger partial charge in [0.2, 0.25) is 0 Å². The van der Waals surface area contributed by atoms with Gasteiger partial charge < -0.3 is 14.9 Å². The predicted molar refractivity (Wildman–Crippen MR) is 56.0 cm³/mol. The van der Waals surface area contributed by atoms with Crippen molar-refractivity contribution in [3.05, 3.63) is 28.7 Å². The van der Waals surface area contributed by atoms with Crippen LogP contribution in [0.5, 0.6) is 5.75 Å². The molecule has 0 amide bonds. The van der Waals surface area contributed by atoms with E-state index >= 15 is 0 Å². The maximum absolute atomic E-state index is 11.3. The smallest absolute Gasteiger partial charge is 0.419 e. The number of rotatable bonds is 3. The van der Waals surface area contributed by atoms with Gasteiger partial charge in [0, 0.05) is 13.6 Å². The molecule has 0 saturated carbocycles. The Morgan fingerprint density at radius 2 is 2.33 bits per heavy atom. The first-order chi connectivity index (χ1) is 7.24. The van der Waals surface area contributed by atoms with E-state index in [2.05, 4.69) is 0 Å². The van der Waals surface area contributed by atoms with Crippen molar-refractivity contribution in [2.45, 2.75) is 0 Å². The fourth-order valence-corrected chi connectivity index (χ4v) is 1.45. The molecule has 0 aliphatic heterocycles. The van der Waals surface area contributed by atoms with Gasteiger partial charge in [-0.15, -0.1) is 0 Å². The molecular weight excluding hydrogens is 196 g/mol. The first kappa shape index (κ1) is 9.79. The number of aryl methyl sites for hydroxylation is 1. The van der Waals surface area contributed by atoms with E-state index in [0.29, 0.717) is 30.0 Å². The largest absolute Gasteiger partial charge is 0.490 e. The molecule has 5 heteroatoms. The molecule has 0 aliphatic rings. The summed E-state index contributed by atoms with van der Waals surface area (Å²) in [6.07, 6.45) is 0. The molecule has 1 aromatic carbocycles. The van der Waals surface area contributed by atoms with Gasteiger partial charge in [0.05, 0.1) is 0 Å². The Kier molecular flexibility index (Phi) is 2.47. The lowest BCUT2D eigenvalue weighted by molar-refractivity contribution is 0.331. The van der Waals surface area contributed by atoms with E-state index in [4.69, 9.17) is 14.9 Å². The molecule has 0 unspecified atom stereocenters. The number of nitrogens with two attached hydrogens (primary N) is 1. The summed E-state index contributed by atoms with van der Waals surface area (Å²) in [5.41, 5.74) is 6.53. The number of aromatic nitrogens is 1. The molecule has 0 saturated heterocycles. The number of ether oxygens (including phenoxy) is 1. The van der Waals surface area contributed by atoms with E-state index in [1.165, 1.54) is 4.57 Å². The second-order valence-electron chi connectivity index (χ2n) is 3.17. The summed E-state index contributed by atoms with van der Waals surface area (Å²) >= 11 is 0. The minimum atomic E-state index is -0.395. The molecule has 0 fully saturated rings. The fourth-order valence-electron chi connectivity index (χ4n) is 1.45. The van der Waals surface area contributed by atoms with Gasteiger partial charge >= 0.3 is 5.76 Å². The molecule has 2 aromatic rings. The zero-order chi connectivity index (χ0) is 10.8. The minimum Gasteiger partial charge on any atom is -0.490 e. The Balaban J connectivity index is 2.58. The molecule has 0 aliphatic carbocycles. The van der Waals surface area contributed by atoms with Crippen molar-refractivity contribution in [3.8, 4) is 5.75 Å². The molecule has 0 atom stereocenters. The SMILES string of the molecule is Cn1c(=O)oc2cccc(OCCN)c21. The first-order valence-electron chi connectivity index (χ1n) is 4.65. The number of oxazole rings is 1. The van der Waals surface area contributed by atoms with Gasteiger partial charge in [-0.1, -0.05) is 6.07 Å². The van der Waals surface area contributed by atoms with Crippen molar-refractivity contribution >= 4 is 11.1 Å². The Labute approximate surface area is 86.0 Å². The van der Waals surface area contributed by atoms with Crippen LogP contribution in [0.25, 0.3) is 11.1 Å².